The number of benzene rings is 1. The van der Waals surface area contributed by atoms with E-state index < -0.39 is 0 Å². The van der Waals surface area contributed by atoms with E-state index in [1.807, 2.05) is 6.07 Å². The summed E-state index contributed by atoms with van der Waals surface area (Å²) < 4.78 is 0. The van der Waals surface area contributed by atoms with Gasteiger partial charge in [0.25, 0.3) is 0 Å². The molecule has 0 radical (unpaired) electrons. The second-order valence-corrected chi connectivity index (χ2v) is 3.56. The third-order valence-corrected chi connectivity index (χ3v) is 2.53. The largest absolute Gasteiger partial charge is 0.506 e. The Kier molecular flexibility index (Phi) is 2.48. The van der Waals surface area contributed by atoms with Crippen LogP contribution in [0.15, 0.2) is 24.3 Å². The molecule has 72 valence electrons. The normalized spacial score (nSPS) is 10.7. The van der Waals surface area contributed by atoms with Crippen LogP contribution >= 0.6 is 23.2 Å². The standard InChI is InChI=1S/C10H7Cl2NO/c11-5-6-1-3-8(14)10-7(6)2-4-9(12)13-10/h1-4,14H,5H2. The van der Waals surface area contributed by atoms with Gasteiger partial charge in [-0.25, -0.2) is 4.98 Å². The number of hydrogen-bond acceptors (Lipinski definition) is 2. The van der Waals surface area contributed by atoms with Crippen molar-refractivity contribution in [2.24, 2.45) is 0 Å². The van der Waals surface area contributed by atoms with Gasteiger partial charge in [0.2, 0.25) is 0 Å². The number of phenolic OH excluding ortho intramolecular Hbond substituents is 1. The van der Waals surface area contributed by atoms with Gasteiger partial charge in [0, 0.05) is 11.3 Å². The molecule has 0 bridgehead atoms. The molecule has 0 unspecified atom stereocenters. The molecule has 2 aromatic rings. The molecule has 0 saturated carbocycles. The number of nitrogens with zero attached hydrogens (tertiary/aromatic N) is 1. The first-order chi connectivity index (χ1) is 6.72. The lowest BCUT2D eigenvalue weighted by Crippen LogP contribution is -1.86. The van der Waals surface area contributed by atoms with E-state index in [9.17, 15) is 5.11 Å². The number of aromatic nitrogens is 1. The van der Waals surface area contributed by atoms with E-state index in [2.05, 4.69) is 4.98 Å². The maximum atomic E-state index is 9.55. The lowest BCUT2D eigenvalue weighted by Gasteiger charge is -2.04. The molecular weight excluding hydrogens is 221 g/mol. The van der Waals surface area contributed by atoms with Crippen LogP contribution in [0.4, 0.5) is 0 Å². The van der Waals surface area contributed by atoms with E-state index in [1.165, 1.54) is 0 Å². The molecular formula is C10H7Cl2NO. The average molecular weight is 228 g/mol. The van der Waals surface area contributed by atoms with Gasteiger partial charge in [-0.3, -0.25) is 0 Å². The molecule has 0 spiro atoms. The molecule has 1 aromatic heterocycles. The number of hydrogen-bond donors (Lipinski definition) is 1. The molecule has 0 aliphatic heterocycles. The predicted octanol–water partition coefficient (Wildman–Crippen LogP) is 3.33. The zero-order valence-electron chi connectivity index (χ0n) is 7.17. The van der Waals surface area contributed by atoms with Crippen molar-refractivity contribution in [3.8, 4) is 5.75 Å². The molecule has 0 atom stereocenters. The van der Waals surface area contributed by atoms with Crippen LogP contribution in [0.1, 0.15) is 5.56 Å². The van der Waals surface area contributed by atoms with E-state index in [4.69, 9.17) is 23.2 Å². The number of halogens is 2. The highest BCUT2D eigenvalue weighted by Gasteiger charge is 2.06. The number of aromatic hydroxyl groups is 1. The van der Waals surface area contributed by atoms with Gasteiger partial charge in [0.1, 0.15) is 16.4 Å². The molecule has 0 amide bonds. The Hall–Kier alpha value is -0.990. The third kappa shape index (κ3) is 1.51. The molecule has 4 heteroatoms. The second kappa shape index (κ2) is 3.64. The third-order valence-electron chi connectivity index (χ3n) is 2.04. The van der Waals surface area contributed by atoms with Gasteiger partial charge in [0.05, 0.1) is 0 Å². The molecule has 1 N–H and O–H groups in total. The summed E-state index contributed by atoms with van der Waals surface area (Å²) in [4.78, 5) is 4.04. The van der Waals surface area contributed by atoms with Crippen LogP contribution in [0.25, 0.3) is 10.9 Å². The van der Waals surface area contributed by atoms with Crippen molar-refractivity contribution in [2.45, 2.75) is 5.88 Å². The van der Waals surface area contributed by atoms with Crippen molar-refractivity contribution in [1.82, 2.24) is 4.98 Å². The van der Waals surface area contributed by atoms with Gasteiger partial charge in [-0.1, -0.05) is 17.7 Å². The summed E-state index contributed by atoms with van der Waals surface area (Å²) in [6.07, 6.45) is 0. The lowest BCUT2D eigenvalue weighted by molar-refractivity contribution is 0.480. The quantitative estimate of drug-likeness (QED) is 0.599. The lowest BCUT2D eigenvalue weighted by atomic mass is 10.1. The summed E-state index contributed by atoms with van der Waals surface area (Å²) in [7, 11) is 0. The molecule has 1 aromatic carbocycles. The highest BCUT2D eigenvalue weighted by atomic mass is 35.5. The monoisotopic (exact) mass is 227 g/mol. The minimum Gasteiger partial charge on any atom is -0.506 e. The highest BCUT2D eigenvalue weighted by Crippen LogP contribution is 2.28. The maximum Gasteiger partial charge on any atom is 0.141 e. The Bertz CT molecular complexity index is 485. The summed E-state index contributed by atoms with van der Waals surface area (Å²) in [6, 6.07) is 6.84. The maximum absolute atomic E-state index is 9.55. The van der Waals surface area contributed by atoms with Gasteiger partial charge in [-0.15, -0.1) is 11.6 Å². The summed E-state index contributed by atoms with van der Waals surface area (Å²) in [5.74, 6) is 0.511. The summed E-state index contributed by atoms with van der Waals surface area (Å²) >= 11 is 11.5. The van der Waals surface area contributed by atoms with E-state index in [0.29, 0.717) is 16.5 Å². The first kappa shape index (κ1) is 9.56. The van der Waals surface area contributed by atoms with Crippen LogP contribution < -0.4 is 0 Å². The first-order valence-corrected chi connectivity index (χ1v) is 4.96. The van der Waals surface area contributed by atoms with E-state index >= 15 is 0 Å². The molecule has 0 aliphatic carbocycles. The number of fused-ring (bicyclic) bond motifs is 1. The van der Waals surface area contributed by atoms with Crippen LogP contribution in [0.5, 0.6) is 5.75 Å². The number of rotatable bonds is 1. The van der Waals surface area contributed by atoms with Crippen molar-refractivity contribution < 1.29 is 5.11 Å². The number of pyridine rings is 1. The zero-order valence-corrected chi connectivity index (χ0v) is 8.68. The van der Waals surface area contributed by atoms with Crippen molar-refractivity contribution in [3.63, 3.8) is 0 Å². The fraction of sp³-hybridized carbons (Fsp3) is 0.100. The van der Waals surface area contributed by atoms with Gasteiger partial charge < -0.3 is 5.11 Å². The molecule has 2 nitrogen and oxygen atoms in total. The van der Waals surface area contributed by atoms with Crippen LogP contribution in [0.2, 0.25) is 5.15 Å². The molecule has 2 rings (SSSR count). The number of phenols is 1. The molecule has 14 heavy (non-hydrogen) atoms. The smallest absolute Gasteiger partial charge is 0.141 e. The minimum absolute atomic E-state index is 0.122. The summed E-state index contributed by atoms with van der Waals surface area (Å²) in [6.45, 7) is 0. The first-order valence-electron chi connectivity index (χ1n) is 4.05. The molecule has 0 fully saturated rings. The molecule has 0 saturated heterocycles. The SMILES string of the molecule is Oc1ccc(CCl)c2ccc(Cl)nc12. The van der Waals surface area contributed by atoms with Crippen molar-refractivity contribution in [1.29, 1.82) is 0 Å². The fourth-order valence-corrected chi connectivity index (χ4v) is 1.74. The van der Waals surface area contributed by atoms with Gasteiger partial charge in [-0.05, 0) is 23.8 Å². The van der Waals surface area contributed by atoms with Crippen molar-refractivity contribution in [3.05, 3.63) is 35.0 Å². The van der Waals surface area contributed by atoms with Crippen LogP contribution in [-0.2, 0) is 5.88 Å². The summed E-state index contributed by atoms with van der Waals surface area (Å²) in [5.41, 5.74) is 1.43. The zero-order chi connectivity index (χ0) is 10.1. The molecule has 0 aliphatic rings. The highest BCUT2D eigenvalue weighted by molar-refractivity contribution is 6.29. The Morgan fingerprint density at radius 1 is 1.21 bits per heavy atom. The van der Waals surface area contributed by atoms with E-state index in [0.717, 1.165) is 10.9 Å². The van der Waals surface area contributed by atoms with Gasteiger partial charge in [-0.2, -0.15) is 0 Å². The van der Waals surface area contributed by atoms with Crippen molar-refractivity contribution >= 4 is 34.1 Å². The molecule has 1 heterocycles. The minimum atomic E-state index is 0.122. The van der Waals surface area contributed by atoms with Gasteiger partial charge >= 0.3 is 0 Å². The van der Waals surface area contributed by atoms with E-state index in [-0.39, 0.29) is 5.75 Å². The Morgan fingerprint density at radius 3 is 2.71 bits per heavy atom. The van der Waals surface area contributed by atoms with Crippen LogP contribution in [0, 0.1) is 0 Å². The van der Waals surface area contributed by atoms with Gasteiger partial charge in [0.15, 0.2) is 0 Å². The fourth-order valence-electron chi connectivity index (χ4n) is 1.35. The Morgan fingerprint density at radius 2 is 2.00 bits per heavy atom. The Balaban J connectivity index is 2.84. The summed E-state index contributed by atoms with van der Waals surface area (Å²) in [5, 5.41) is 10.7. The second-order valence-electron chi connectivity index (χ2n) is 2.91. The predicted molar refractivity (Wildman–Crippen MR) is 58.0 cm³/mol. The van der Waals surface area contributed by atoms with Crippen molar-refractivity contribution in [2.75, 3.05) is 0 Å². The van der Waals surface area contributed by atoms with Crippen LogP contribution in [0.3, 0.4) is 0 Å². The van der Waals surface area contributed by atoms with Crippen LogP contribution in [-0.4, -0.2) is 10.1 Å². The topological polar surface area (TPSA) is 33.1 Å². The number of alkyl halides is 1. The Labute approximate surface area is 91.1 Å². The average Bonchev–Trinajstić information content (AvgIpc) is 2.19. The van der Waals surface area contributed by atoms with E-state index in [1.54, 1.807) is 18.2 Å².